The van der Waals surface area contributed by atoms with Crippen LogP contribution in [0.2, 0.25) is 10.0 Å². The Kier molecular flexibility index (Phi) is 4.86. The van der Waals surface area contributed by atoms with Crippen LogP contribution in [0.25, 0.3) is 0 Å². The highest BCUT2D eigenvalue weighted by molar-refractivity contribution is 6.35. The summed E-state index contributed by atoms with van der Waals surface area (Å²) in [6.45, 7) is 4.01. The molecule has 0 aliphatic heterocycles. The summed E-state index contributed by atoms with van der Waals surface area (Å²) in [5, 5.41) is 18.2. The van der Waals surface area contributed by atoms with E-state index in [0.29, 0.717) is 21.5 Å². The minimum absolute atomic E-state index is 0.127. The molecule has 0 spiro atoms. The number of hydrogen-bond acceptors (Lipinski definition) is 4. The molecule has 20 heavy (non-hydrogen) atoms. The Morgan fingerprint density at radius 2 is 2.10 bits per heavy atom. The third kappa shape index (κ3) is 3.23. The lowest BCUT2D eigenvalue weighted by Crippen LogP contribution is -2.11. The lowest BCUT2D eigenvalue weighted by molar-refractivity contribution is 0.260. The molecule has 0 aliphatic carbocycles. The van der Waals surface area contributed by atoms with E-state index in [9.17, 15) is 5.11 Å². The fourth-order valence-electron chi connectivity index (χ4n) is 1.77. The molecule has 1 aromatic heterocycles. The molecule has 1 heterocycles. The van der Waals surface area contributed by atoms with Crippen molar-refractivity contribution in [2.75, 3.05) is 0 Å². The molecule has 2 rings (SSSR count). The van der Waals surface area contributed by atoms with Gasteiger partial charge in [-0.1, -0.05) is 28.4 Å². The molecule has 0 fully saturated rings. The number of aromatic nitrogens is 3. The Morgan fingerprint density at radius 1 is 1.35 bits per heavy atom. The van der Waals surface area contributed by atoms with Gasteiger partial charge in [0.25, 0.3) is 0 Å². The second kappa shape index (κ2) is 6.43. The van der Waals surface area contributed by atoms with Crippen molar-refractivity contribution in [3.05, 3.63) is 39.6 Å². The van der Waals surface area contributed by atoms with Gasteiger partial charge in [0.05, 0.1) is 11.6 Å². The maximum Gasteiger partial charge on any atom is 0.138 e. The zero-order valence-electron chi connectivity index (χ0n) is 11.2. The minimum atomic E-state index is -0.181. The molecule has 0 amide bonds. The van der Waals surface area contributed by atoms with Crippen LogP contribution in [0.1, 0.15) is 31.3 Å². The van der Waals surface area contributed by atoms with Gasteiger partial charge in [-0.15, -0.1) is 5.10 Å². The molecule has 0 saturated carbocycles. The lowest BCUT2D eigenvalue weighted by atomic mass is 10.3. The molecular formula is C13H15Cl2N3O2. The van der Waals surface area contributed by atoms with Crippen LogP contribution in [-0.4, -0.2) is 20.1 Å². The molecule has 0 unspecified atom stereocenters. The number of aliphatic hydroxyl groups excluding tert-OH is 1. The number of rotatable bonds is 5. The summed E-state index contributed by atoms with van der Waals surface area (Å²) in [6, 6.07) is 5.14. The summed E-state index contributed by atoms with van der Waals surface area (Å²) in [5.41, 5.74) is 1.23. The predicted molar refractivity (Wildman–Crippen MR) is 77.1 cm³/mol. The smallest absolute Gasteiger partial charge is 0.138 e. The van der Waals surface area contributed by atoms with Crippen LogP contribution in [0, 0.1) is 0 Å². The van der Waals surface area contributed by atoms with Crippen LogP contribution in [0.4, 0.5) is 0 Å². The van der Waals surface area contributed by atoms with Crippen molar-refractivity contribution in [3.63, 3.8) is 0 Å². The maximum absolute atomic E-state index is 9.29. The van der Waals surface area contributed by atoms with E-state index in [1.54, 1.807) is 22.9 Å². The fraction of sp³-hybridized carbons (Fsp3) is 0.385. The molecule has 0 aliphatic rings. The van der Waals surface area contributed by atoms with Crippen molar-refractivity contribution in [3.8, 4) is 5.75 Å². The molecule has 2 aromatic rings. The largest absolute Gasteiger partial charge is 0.486 e. The highest BCUT2D eigenvalue weighted by atomic mass is 35.5. The zero-order chi connectivity index (χ0) is 14.7. The molecule has 1 aromatic carbocycles. The summed E-state index contributed by atoms with van der Waals surface area (Å²) in [5.74, 6) is 0.525. The molecule has 1 N–H and O–H groups in total. The molecule has 0 atom stereocenters. The van der Waals surface area contributed by atoms with Gasteiger partial charge in [-0.05, 0) is 32.0 Å². The van der Waals surface area contributed by atoms with Gasteiger partial charge >= 0.3 is 0 Å². The quantitative estimate of drug-likeness (QED) is 0.920. The number of ether oxygens (including phenoxy) is 1. The Hall–Kier alpha value is -1.30. The van der Waals surface area contributed by atoms with E-state index in [-0.39, 0.29) is 19.3 Å². The van der Waals surface area contributed by atoms with Gasteiger partial charge in [0.15, 0.2) is 0 Å². The van der Waals surface area contributed by atoms with E-state index in [0.717, 1.165) is 5.69 Å². The van der Waals surface area contributed by atoms with E-state index in [1.165, 1.54) is 0 Å². The lowest BCUT2D eigenvalue weighted by Gasteiger charge is -2.12. The first-order valence-corrected chi connectivity index (χ1v) is 6.90. The van der Waals surface area contributed by atoms with Crippen molar-refractivity contribution in [2.45, 2.75) is 33.1 Å². The predicted octanol–water partition coefficient (Wildman–Crippen LogP) is 3.24. The first kappa shape index (κ1) is 15.1. The number of halogens is 2. The minimum Gasteiger partial charge on any atom is -0.486 e. The van der Waals surface area contributed by atoms with E-state index >= 15 is 0 Å². The zero-order valence-corrected chi connectivity index (χ0v) is 12.7. The summed E-state index contributed by atoms with van der Waals surface area (Å²) < 4.78 is 7.38. The summed E-state index contributed by atoms with van der Waals surface area (Å²) in [7, 11) is 0. The third-order valence-corrected chi connectivity index (χ3v) is 3.30. The van der Waals surface area contributed by atoms with E-state index in [2.05, 4.69) is 10.3 Å². The normalized spacial score (nSPS) is 11.1. The fourth-order valence-corrected chi connectivity index (χ4v) is 2.23. The van der Waals surface area contributed by atoms with Crippen LogP contribution in [0.5, 0.6) is 5.75 Å². The van der Waals surface area contributed by atoms with Crippen LogP contribution < -0.4 is 4.74 Å². The number of benzene rings is 1. The first-order valence-electron chi connectivity index (χ1n) is 6.14. The van der Waals surface area contributed by atoms with Gasteiger partial charge in [-0.2, -0.15) is 0 Å². The highest BCUT2D eigenvalue weighted by Gasteiger charge is 2.15. The van der Waals surface area contributed by atoms with Gasteiger partial charge in [0, 0.05) is 11.1 Å². The van der Waals surface area contributed by atoms with Crippen molar-refractivity contribution in [1.82, 2.24) is 15.0 Å². The van der Waals surface area contributed by atoms with Gasteiger partial charge in [-0.25, -0.2) is 4.68 Å². The van der Waals surface area contributed by atoms with Crippen LogP contribution in [0.15, 0.2) is 18.2 Å². The highest BCUT2D eigenvalue weighted by Crippen LogP contribution is 2.28. The SMILES string of the molecule is CC(C)n1nnc(CO)c1COc1ccc(Cl)cc1Cl. The molecule has 5 nitrogen and oxygen atoms in total. The Balaban J connectivity index is 2.20. The maximum atomic E-state index is 9.29. The Morgan fingerprint density at radius 3 is 2.70 bits per heavy atom. The molecular weight excluding hydrogens is 301 g/mol. The Labute approximate surface area is 127 Å². The summed E-state index contributed by atoms with van der Waals surface area (Å²) in [4.78, 5) is 0. The van der Waals surface area contributed by atoms with Crippen molar-refractivity contribution in [2.24, 2.45) is 0 Å². The average Bonchev–Trinajstić information content (AvgIpc) is 2.80. The second-order valence-electron chi connectivity index (χ2n) is 4.54. The van der Waals surface area contributed by atoms with Gasteiger partial charge in [0.1, 0.15) is 23.7 Å². The van der Waals surface area contributed by atoms with E-state index in [4.69, 9.17) is 27.9 Å². The van der Waals surface area contributed by atoms with Crippen LogP contribution in [0.3, 0.4) is 0 Å². The van der Waals surface area contributed by atoms with Crippen LogP contribution >= 0.6 is 23.2 Å². The monoisotopic (exact) mass is 315 g/mol. The van der Waals surface area contributed by atoms with E-state index < -0.39 is 0 Å². The van der Waals surface area contributed by atoms with E-state index in [1.807, 2.05) is 13.8 Å². The molecule has 108 valence electrons. The molecule has 0 bridgehead atoms. The van der Waals surface area contributed by atoms with Gasteiger partial charge < -0.3 is 9.84 Å². The van der Waals surface area contributed by atoms with Crippen LogP contribution in [-0.2, 0) is 13.2 Å². The topological polar surface area (TPSA) is 60.2 Å². The first-order chi connectivity index (χ1) is 9.52. The summed E-state index contributed by atoms with van der Waals surface area (Å²) in [6.07, 6.45) is 0. The molecule has 0 saturated heterocycles. The number of aliphatic hydroxyl groups is 1. The average molecular weight is 316 g/mol. The number of hydrogen-bond donors (Lipinski definition) is 1. The Bertz CT molecular complexity index is 599. The van der Waals surface area contributed by atoms with Crippen molar-refractivity contribution in [1.29, 1.82) is 0 Å². The van der Waals surface area contributed by atoms with Gasteiger partial charge in [-0.3, -0.25) is 0 Å². The molecule has 0 radical (unpaired) electrons. The van der Waals surface area contributed by atoms with Crippen molar-refractivity contribution >= 4 is 23.2 Å². The standard InChI is InChI=1S/C13H15Cl2N3O2/c1-8(2)18-12(11(6-19)16-17-18)7-20-13-4-3-9(14)5-10(13)15/h3-5,8,19H,6-7H2,1-2H3. The second-order valence-corrected chi connectivity index (χ2v) is 5.39. The van der Waals surface area contributed by atoms with Gasteiger partial charge in [0.2, 0.25) is 0 Å². The summed E-state index contributed by atoms with van der Waals surface area (Å²) >= 11 is 11.9. The molecule has 7 heteroatoms. The number of nitrogens with zero attached hydrogens (tertiary/aromatic N) is 3. The third-order valence-electron chi connectivity index (χ3n) is 2.77. The van der Waals surface area contributed by atoms with Crippen molar-refractivity contribution < 1.29 is 9.84 Å².